The lowest BCUT2D eigenvalue weighted by atomic mass is 9.92. The van der Waals surface area contributed by atoms with Gasteiger partial charge in [0.1, 0.15) is 10.8 Å². The van der Waals surface area contributed by atoms with E-state index in [1.54, 1.807) is 18.4 Å². The third-order valence-electron chi connectivity index (χ3n) is 3.84. The summed E-state index contributed by atoms with van der Waals surface area (Å²) in [7, 11) is 1.70. The third kappa shape index (κ3) is 1.59. The van der Waals surface area contributed by atoms with Crippen LogP contribution in [0.1, 0.15) is 23.2 Å². The Morgan fingerprint density at radius 2 is 2.25 bits per heavy atom. The predicted octanol–water partition coefficient (Wildman–Crippen LogP) is 3.13. The summed E-state index contributed by atoms with van der Waals surface area (Å²) in [6.07, 6.45) is 3.01. The molecule has 2 aromatic heterocycles. The third-order valence-corrected chi connectivity index (χ3v) is 4.90. The SMILES string of the molecule is CCc1nn2c3c(nc2s1)-c1cc(OC)ccc1CC3. The molecule has 1 aromatic carbocycles. The minimum atomic E-state index is 0.884. The Labute approximate surface area is 121 Å². The summed E-state index contributed by atoms with van der Waals surface area (Å²) >= 11 is 1.68. The summed E-state index contributed by atoms with van der Waals surface area (Å²) in [4.78, 5) is 5.80. The normalized spacial score (nSPS) is 13.3. The summed E-state index contributed by atoms with van der Waals surface area (Å²) < 4.78 is 7.37. The van der Waals surface area contributed by atoms with E-state index in [9.17, 15) is 0 Å². The highest BCUT2D eigenvalue weighted by Crippen LogP contribution is 2.36. The number of ether oxygens (including phenoxy) is 1. The van der Waals surface area contributed by atoms with Crippen LogP contribution in [-0.4, -0.2) is 21.7 Å². The van der Waals surface area contributed by atoms with Crippen molar-refractivity contribution >= 4 is 16.3 Å². The molecular formula is C15H15N3OS. The first kappa shape index (κ1) is 11.9. The van der Waals surface area contributed by atoms with Gasteiger partial charge in [-0.2, -0.15) is 5.10 Å². The fourth-order valence-electron chi connectivity index (χ4n) is 2.79. The van der Waals surface area contributed by atoms with E-state index >= 15 is 0 Å². The van der Waals surface area contributed by atoms with E-state index in [0.717, 1.165) is 40.7 Å². The quantitative estimate of drug-likeness (QED) is 0.726. The molecule has 0 saturated heterocycles. The molecule has 5 heteroatoms. The summed E-state index contributed by atoms with van der Waals surface area (Å²) in [6, 6.07) is 6.26. The molecule has 1 aliphatic carbocycles. The van der Waals surface area contributed by atoms with Crippen LogP contribution in [0.4, 0.5) is 0 Å². The van der Waals surface area contributed by atoms with E-state index < -0.39 is 0 Å². The Morgan fingerprint density at radius 3 is 3.05 bits per heavy atom. The Kier molecular flexibility index (Phi) is 2.57. The molecule has 0 amide bonds. The monoisotopic (exact) mass is 285 g/mol. The minimum Gasteiger partial charge on any atom is -0.497 e. The van der Waals surface area contributed by atoms with Crippen LogP contribution in [0.25, 0.3) is 16.2 Å². The van der Waals surface area contributed by atoms with Crippen molar-refractivity contribution in [2.24, 2.45) is 0 Å². The van der Waals surface area contributed by atoms with Gasteiger partial charge >= 0.3 is 0 Å². The van der Waals surface area contributed by atoms with Gasteiger partial charge in [0.05, 0.1) is 18.5 Å². The van der Waals surface area contributed by atoms with E-state index in [4.69, 9.17) is 9.72 Å². The van der Waals surface area contributed by atoms with Crippen molar-refractivity contribution in [3.63, 3.8) is 0 Å². The van der Waals surface area contributed by atoms with Crippen LogP contribution in [0.3, 0.4) is 0 Å². The lowest BCUT2D eigenvalue weighted by molar-refractivity contribution is 0.415. The highest BCUT2D eigenvalue weighted by atomic mass is 32.1. The number of benzene rings is 1. The van der Waals surface area contributed by atoms with Crippen LogP contribution in [-0.2, 0) is 19.3 Å². The van der Waals surface area contributed by atoms with Crippen molar-refractivity contribution in [1.29, 1.82) is 0 Å². The van der Waals surface area contributed by atoms with Gasteiger partial charge in [-0.15, -0.1) is 0 Å². The zero-order valence-electron chi connectivity index (χ0n) is 11.5. The molecule has 20 heavy (non-hydrogen) atoms. The van der Waals surface area contributed by atoms with Gasteiger partial charge < -0.3 is 4.74 Å². The standard InChI is InChI=1S/C15H15N3OS/c1-3-13-17-18-12-7-5-9-4-6-10(19-2)8-11(9)14(12)16-15(18)20-13/h4,6,8H,3,5,7H2,1-2H3. The van der Waals surface area contributed by atoms with Crippen molar-refractivity contribution in [3.8, 4) is 17.0 Å². The Hall–Kier alpha value is -1.88. The Morgan fingerprint density at radius 1 is 1.35 bits per heavy atom. The summed E-state index contributed by atoms with van der Waals surface area (Å²) in [5, 5.41) is 5.81. The first-order valence-electron chi connectivity index (χ1n) is 6.84. The van der Waals surface area contributed by atoms with Crippen LogP contribution in [0.5, 0.6) is 5.75 Å². The first-order valence-corrected chi connectivity index (χ1v) is 7.66. The number of aromatic nitrogens is 3. The molecule has 0 N–H and O–H groups in total. The number of imidazole rings is 1. The fraction of sp³-hybridized carbons (Fsp3) is 0.333. The Balaban J connectivity index is 1.95. The van der Waals surface area contributed by atoms with Crippen molar-refractivity contribution < 1.29 is 4.74 Å². The summed E-state index contributed by atoms with van der Waals surface area (Å²) in [5.74, 6) is 0.884. The van der Waals surface area contributed by atoms with Crippen molar-refractivity contribution in [2.75, 3.05) is 7.11 Å². The van der Waals surface area contributed by atoms with Crippen LogP contribution >= 0.6 is 11.3 Å². The summed E-state index contributed by atoms with van der Waals surface area (Å²) in [6.45, 7) is 2.13. The molecule has 0 saturated carbocycles. The largest absolute Gasteiger partial charge is 0.497 e. The van der Waals surface area contributed by atoms with Crippen LogP contribution in [0, 0.1) is 0 Å². The summed E-state index contributed by atoms with van der Waals surface area (Å²) in [5.41, 5.74) is 4.85. The minimum absolute atomic E-state index is 0.884. The second-order valence-corrected chi connectivity index (χ2v) is 6.01. The van der Waals surface area contributed by atoms with E-state index in [1.165, 1.54) is 16.8 Å². The van der Waals surface area contributed by atoms with E-state index in [2.05, 4.69) is 24.2 Å². The molecule has 4 rings (SSSR count). The van der Waals surface area contributed by atoms with Crippen molar-refractivity contribution in [1.82, 2.24) is 14.6 Å². The highest BCUT2D eigenvalue weighted by Gasteiger charge is 2.24. The lowest BCUT2D eigenvalue weighted by Gasteiger charge is -2.16. The van der Waals surface area contributed by atoms with Crippen LogP contribution < -0.4 is 4.74 Å². The predicted molar refractivity (Wildman–Crippen MR) is 79.6 cm³/mol. The average molecular weight is 285 g/mol. The highest BCUT2D eigenvalue weighted by molar-refractivity contribution is 7.16. The molecule has 4 nitrogen and oxygen atoms in total. The van der Waals surface area contributed by atoms with Gasteiger partial charge in [-0.3, -0.25) is 0 Å². The molecule has 1 aliphatic rings. The van der Waals surface area contributed by atoms with Gasteiger partial charge in [-0.25, -0.2) is 9.50 Å². The molecule has 0 atom stereocenters. The lowest BCUT2D eigenvalue weighted by Crippen LogP contribution is -2.06. The molecule has 3 aromatic rings. The van der Waals surface area contributed by atoms with Gasteiger partial charge in [0, 0.05) is 5.56 Å². The second-order valence-electron chi connectivity index (χ2n) is 4.97. The maximum Gasteiger partial charge on any atom is 0.212 e. The molecule has 0 spiro atoms. The van der Waals surface area contributed by atoms with E-state index in [-0.39, 0.29) is 0 Å². The van der Waals surface area contributed by atoms with Crippen LogP contribution in [0.2, 0.25) is 0 Å². The van der Waals surface area contributed by atoms with E-state index in [1.807, 2.05) is 10.6 Å². The zero-order valence-corrected chi connectivity index (χ0v) is 12.3. The number of nitrogens with zero attached hydrogens (tertiary/aromatic N) is 3. The molecule has 0 fully saturated rings. The van der Waals surface area contributed by atoms with Gasteiger partial charge in [0.15, 0.2) is 0 Å². The number of hydrogen-bond donors (Lipinski definition) is 0. The number of aryl methyl sites for hydroxylation is 3. The number of rotatable bonds is 2. The van der Waals surface area contributed by atoms with Crippen LogP contribution in [0.15, 0.2) is 18.2 Å². The topological polar surface area (TPSA) is 39.4 Å². The van der Waals surface area contributed by atoms with Crippen molar-refractivity contribution in [3.05, 3.63) is 34.5 Å². The number of methoxy groups -OCH3 is 1. The molecule has 2 heterocycles. The molecule has 0 unspecified atom stereocenters. The number of fused-ring (bicyclic) bond motifs is 5. The number of hydrogen-bond acceptors (Lipinski definition) is 4. The molecule has 0 aliphatic heterocycles. The molecule has 0 radical (unpaired) electrons. The van der Waals surface area contributed by atoms with Crippen molar-refractivity contribution in [2.45, 2.75) is 26.2 Å². The zero-order chi connectivity index (χ0) is 13.7. The average Bonchev–Trinajstić information content (AvgIpc) is 3.03. The van der Waals surface area contributed by atoms with E-state index in [0.29, 0.717) is 0 Å². The maximum absolute atomic E-state index is 5.34. The second kappa shape index (κ2) is 4.31. The van der Waals surface area contributed by atoms with Gasteiger partial charge in [-0.1, -0.05) is 24.3 Å². The maximum atomic E-state index is 5.34. The molecule has 0 bridgehead atoms. The molecular weight excluding hydrogens is 270 g/mol. The first-order chi connectivity index (χ1) is 9.80. The van der Waals surface area contributed by atoms with Gasteiger partial charge in [-0.05, 0) is 37.0 Å². The fourth-order valence-corrected chi connectivity index (χ4v) is 3.64. The van der Waals surface area contributed by atoms with Gasteiger partial charge in [0.2, 0.25) is 4.96 Å². The Bertz CT molecular complexity index is 803. The smallest absolute Gasteiger partial charge is 0.212 e. The van der Waals surface area contributed by atoms with Gasteiger partial charge in [0.25, 0.3) is 0 Å². The molecule has 102 valence electrons.